The lowest BCUT2D eigenvalue weighted by atomic mass is 10.4. The van der Waals surface area contributed by atoms with Gasteiger partial charge < -0.3 is 10.6 Å². The zero-order valence-corrected chi connectivity index (χ0v) is 14.8. The van der Waals surface area contributed by atoms with Gasteiger partial charge in [0, 0.05) is 31.9 Å². The molecule has 9 heteroatoms. The average molecular weight is 359 g/mol. The zero-order chi connectivity index (χ0) is 17.5. The van der Waals surface area contributed by atoms with Gasteiger partial charge in [0.2, 0.25) is 11.8 Å². The van der Waals surface area contributed by atoms with Crippen LogP contribution in [0.3, 0.4) is 0 Å². The van der Waals surface area contributed by atoms with Crippen LogP contribution in [-0.4, -0.2) is 44.7 Å². The van der Waals surface area contributed by atoms with Gasteiger partial charge in [-0.3, -0.25) is 9.59 Å². The lowest BCUT2D eigenvalue weighted by molar-refractivity contribution is -0.119. The molecule has 23 heavy (non-hydrogen) atoms. The molecule has 0 radical (unpaired) electrons. The third kappa shape index (κ3) is 6.12. The predicted molar refractivity (Wildman–Crippen MR) is 89.5 cm³/mol. The van der Waals surface area contributed by atoms with Crippen LogP contribution in [0.25, 0.3) is 0 Å². The molecule has 2 amide bonds. The van der Waals surface area contributed by atoms with Gasteiger partial charge in [-0.25, -0.2) is 12.7 Å². The summed E-state index contributed by atoms with van der Waals surface area (Å²) in [6, 6.07) is 3.22. The molecular formula is C14H21N3O4S2. The number of nitrogens with zero attached hydrogens (tertiary/aromatic N) is 1. The van der Waals surface area contributed by atoms with Crippen LogP contribution < -0.4 is 10.6 Å². The second-order valence-electron chi connectivity index (χ2n) is 4.81. The number of hydrogen-bond donors (Lipinski definition) is 2. The molecule has 1 heterocycles. The summed E-state index contributed by atoms with van der Waals surface area (Å²) in [6.45, 7) is 5.73. The highest BCUT2D eigenvalue weighted by molar-refractivity contribution is 7.91. The summed E-state index contributed by atoms with van der Waals surface area (Å²) in [7, 11) is -2.06. The van der Waals surface area contributed by atoms with Crippen LogP contribution in [0.2, 0.25) is 0 Å². The van der Waals surface area contributed by atoms with Gasteiger partial charge in [0.25, 0.3) is 10.0 Å². The van der Waals surface area contributed by atoms with Crippen molar-refractivity contribution in [1.29, 1.82) is 0 Å². The number of sulfonamides is 1. The molecule has 7 nitrogen and oxygen atoms in total. The maximum absolute atomic E-state index is 12.4. The van der Waals surface area contributed by atoms with Crippen LogP contribution in [0.1, 0.15) is 18.2 Å². The summed E-state index contributed by atoms with van der Waals surface area (Å²) in [5.74, 6) is -0.446. The van der Waals surface area contributed by atoms with E-state index in [1.165, 1.54) is 30.4 Å². The van der Waals surface area contributed by atoms with Crippen LogP contribution in [-0.2, 0) is 26.2 Å². The number of rotatable bonds is 9. The van der Waals surface area contributed by atoms with Gasteiger partial charge >= 0.3 is 0 Å². The Morgan fingerprint density at radius 2 is 2.04 bits per heavy atom. The second kappa shape index (κ2) is 8.80. The first-order valence-corrected chi connectivity index (χ1v) is 9.22. The highest BCUT2D eigenvalue weighted by Crippen LogP contribution is 2.24. The van der Waals surface area contributed by atoms with Gasteiger partial charge in [-0.2, -0.15) is 0 Å². The van der Waals surface area contributed by atoms with Crippen molar-refractivity contribution in [3.05, 3.63) is 29.7 Å². The highest BCUT2D eigenvalue weighted by Gasteiger charge is 2.22. The highest BCUT2D eigenvalue weighted by atomic mass is 32.2. The van der Waals surface area contributed by atoms with Crippen molar-refractivity contribution < 1.29 is 18.0 Å². The molecule has 1 aromatic rings. The molecule has 128 valence electrons. The Morgan fingerprint density at radius 3 is 2.65 bits per heavy atom. The first kappa shape index (κ1) is 19.3. The van der Waals surface area contributed by atoms with Crippen LogP contribution in [0.15, 0.2) is 29.0 Å². The third-order valence-corrected chi connectivity index (χ3v) is 6.36. The number of amides is 2. The minimum atomic E-state index is -3.56. The molecule has 0 aliphatic heterocycles. The van der Waals surface area contributed by atoms with Crippen LogP contribution in [0, 0.1) is 0 Å². The molecule has 0 aliphatic carbocycles. The molecule has 0 aromatic carbocycles. The number of thiophene rings is 1. The minimum Gasteiger partial charge on any atom is -0.353 e. The standard InChI is InChI=1S/C14H21N3O4S2/c1-4-13(19)15-8-5-9-17(3)23(20,21)14-7-6-12(22-14)10-16-11(2)18/h4,6-7H,1,5,8-10H2,2-3H3,(H,15,19)(H,16,18). The number of nitrogens with one attached hydrogen (secondary N) is 2. The molecule has 1 aromatic heterocycles. The van der Waals surface area contributed by atoms with Crippen molar-refractivity contribution in [2.24, 2.45) is 0 Å². The summed E-state index contributed by atoms with van der Waals surface area (Å²) < 4.78 is 26.3. The van der Waals surface area contributed by atoms with Crippen molar-refractivity contribution in [1.82, 2.24) is 14.9 Å². The molecule has 0 fully saturated rings. The minimum absolute atomic E-state index is 0.165. The third-order valence-electron chi connectivity index (χ3n) is 2.95. The largest absolute Gasteiger partial charge is 0.353 e. The fourth-order valence-corrected chi connectivity index (χ4v) is 4.38. The van der Waals surface area contributed by atoms with E-state index in [9.17, 15) is 18.0 Å². The quantitative estimate of drug-likeness (QED) is 0.501. The van der Waals surface area contributed by atoms with Crippen molar-refractivity contribution in [2.75, 3.05) is 20.1 Å². The summed E-state index contributed by atoms with van der Waals surface area (Å²) in [4.78, 5) is 22.6. The van der Waals surface area contributed by atoms with Crippen molar-refractivity contribution in [3.8, 4) is 0 Å². The second-order valence-corrected chi connectivity index (χ2v) is 8.25. The first-order chi connectivity index (χ1) is 10.8. The van der Waals surface area contributed by atoms with E-state index < -0.39 is 10.0 Å². The first-order valence-electron chi connectivity index (χ1n) is 6.97. The van der Waals surface area contributed by atoms with Crippen LogP contribution in [0.4, 0.5) is 0 Å². The molecule has 2 N–H and O–H groups in total. The molecule has 1 rings (SSSR count). The topological polar surface area (TPSA) is 95.6 Å². The van der Waals surface area contributed by atoms with Gasteiger partial charge in [0.15, 0.2) is 0 Å². The lowest BCUT2D eigenvalue weighted by Gasteiger charge is -2.15. The van der Waals surface area contributed by atoms with E-state index in [0.717, 1.165) is 16.2 Å². The van der Waals surface area contributed by atoms with E-state index in [1.807, 2.05) is 0 Å². The number of hydrogen-bond acceptors (Lipinski definition) is 5. The Morgan fingerprint density at radius 1 is 1.35 bits per heavy atom. The Kier molecular flexibility index (Phi) is 7.40. The van der Waals surface area contributed by atoms with Crippen molar-refractivity contribution in [3.63, 3.8) is 0 Å². The summed E-state index contributed by atoms with van der Waals surface area (Å²) in [6.07, 6.45) is 1.67. The molecule has 0 aliphatic rings. The SMILES string of the molecule is C=CC(=O)NCCCN(C)S(=O)(=O)c1ccc(CNC(C)=O)s1. The Balaban J connectivity index is 2.58. The molecule has 0 spiro atoms. The average Bonchev–Trinajstić information content (AvgIpc) is 2.98. The fourth-order valence-electron chi connectivity index (χ4n) is 1.66. The molecular weight excluding hydrogens is 338 g/mol. The fraction of sp³-hybridized carbons (Fsp3) is 0.429. The molecule has 0 atom stereocenters. The van der Waals surface area contributed by atoms with Crippen molar-refractivity contribution >= 4 is 33.2 Å². The van der Waals surface area contributed by atoms with Gasteiger partial charge in [-0.15, -0.1) is 11.3 Å². The van der Waals surface area contributed by atoms with Crippen molar-refractivity contribution in [2.45, 2.75) is 24.1 Å². The molecule has 0 unspecified atom stereocenters. The zero-order valence-electron chi connectivity index (χ0n) is 13.2. The van der Waals surface area contributed by atoms with Crippen LogP contribution >= 0.6 is 11.3 Å². The van der Waals surface area contributed by atoms with Gasteiger partial charge in [0.1, 0.15) is 4.21 Å². The lowest BCUT2D eigenvalue weighted by Crippen LogP contribution is -2.30. The summed E-state index contributed by atoms with van der Waals surface area (Å²) in [5.41, 5.74) is 0. The molecule has 0 bridgehead atoms. The van der Waals surface area contributed by atoms with E-state index in [2.05, 4.69) is 17.2 Å². The molecule has 0 saturated carbocycles. The predicted octanol–water partition coefficient (Wildman–Crippen LogP) is 0.697. The Bertz CT molecular complexity index is 667. The monoisotopic (exact) mass is 359 g/mol. The van der Waals surface area contributed by atoms with Gasteiger partial charge in [-0.05, 0) is 24.6 Å². The smallest absolute Gasteiger partial charge is 0.252 e. The number of carbonyl (C=O) groups excluding carboxylic acids is 2. The summed E-state index contributed by atoms with van der Waals surface area (Å²) >= 11 is 1.13. The normalized spacial score (nSPS) is 11.3. The molecule has 0 saturated heterocycles. The van der Waals surface area contributed by atoms with E-state index >= 15 is 0 Å². The van der Waals surface area contributed by atoms with Gasteiger partial charge in [-0.1, -0.05) is 6.58 Å². The van der Waals surface area contributed by atoms with E-state index in [1.54, 1.807) is 6.07 Å². The van der Waals surface area contributed by atoms with E-state index in [-0.39, 0.29) is 16.0 Å². The summed E-state index contributed by atoms with van der Waals surface area (Å²) in [5, 5.41) is 5.22. The van der Waals surface area contributed by atoms with Crippen LogP contribution in [0.5, 0.6) is 0 Å². The van der Waals surface area contributed by atoms with E-state index in [4.69, 9.17) is 0 Å². The number of carbonyl (C=O) groups is 2. The Labute approximate surface area is 140 Å². The van der Waals surface area contributed by atoms with E-state index in [0.29, 0.717) is 26.1 Å². The van der Waals surface area contributed by atoms with Gasteiger partial charge in [0.05, 0.1) is 6.54 Å². The Hall–Kier alpha value is -1.71. The maximum atomic E-state index is 12.4. The maximum Gasteiger partial charge on any atom is 0.252 e.